The van der Waals surface area contributed by atoms with Gasteiger partial charge >= 0.3 is 0 Å². The van der Waals surface area contributed by atoms with E-state index in [-0.39, 0.29) is 17.8 Å². The molecular weight excluding hydrogens is 336 g/mol. The predicted molar refractivity (Wildman–Crippen MR) is 97.3 cm³/mol. The summed E-state index contributed by atoms with van der Waals surface area (Å²) in [4.78, 5) is 33.6. The molecule has 2 N–H and O–H groups in total. The number of carbonyl (C=O) groups is 2. The molecule has 0 radical (unpaired) electrons. The van der Waals surface area contributed by atoms with Gasteiger partial charge < -0.3 is 5.32 Å². The van der Waals surface area contributed by atoms with Crippen molar-refractivity contribution in [2.24, 2.45) is 5.10 Å². The van der Waals surface area contributed by atoms with Gasteiger partial charge in [-0.1, -0.05) is 42.5 Å². The fraction of sp³-hybridized carbons (Fsp3) is 0.0556. The number of hydrogen-bond donors (Lipinski definition) is 2. The van der Waals surface area contributed by atoms with Gasteiger partial charge in [-0.25, -0.2) is 5.43 Å². The third kappa shape index (κ3) is 6.00. The van der Waals surface area contributed by atoms with Gasteiger partial charge in [0.05, 0.1) is 23.2 Å². The third-order valence-electron chi connectivity index (χ3n) is 3.18. The SMILES string of the molecule is O=C(/C=C/c1ccccc1)NCC(=O)NN=Cc1ccccc1[N+](=O)[O-]. The summed E-state index contributed by atoms with van der Waals surface area (Å²) in [5.41, 5.74) is 3.19. The topological polar surface area (TPSA) is 114 Å². The van der Waals surface area contributed by atoms with Crippen LogP contribution >= 0.6 is 0 Å². The van der Waals surface area contributed by atoms with E-state index < -0.39 is 16.7 Å². The first-order valence-corrected chi connectivity index (χ1v) is 7.62. The molecule has 2 aromatic rings. The Morgan fingerprint density at radius 3 is 2.50 bits per heavy atom. The number of nitro groups is 1. The van der Waals surface area contributed by atoms with Crippen molar-refractivity contribution in [1.29, 1.82) is 0 Å². The molecule has 26 heavy (non-hydrogen) atoms. The first kappa shape index (κ1) is 18.5. The molecule has 2 aromatic carbocycles. The van der Waals surface area contributed by atoms with Crippen molar-refractivity contribution in [2.45, 2.75) is 0 Å². The molecule has 0 unspecified atom stereocenters. The highest BCUT2D eigenvalue weighted by Gasteiger charge is 2.10. The zero-order chi connectivity index (χ0) is 18.8. The molecule has 0 saturated heterocycles. The van der Waals surface area contributed by atoms with Gasteiger partial charge in [-0.05, 0) is 17.7 Å². The molecule has 0 heterocycles. The zero-order valence-corrected chi connectivity index (χ0v) is 13.7. The Labute approximate surface area is 149 Å². The van der Waals surface area contributed by atoms with Gasteiger partial charge in [0.1, 0.15) is 0 Å². The van der Waals surface area contributed by atoms with Crippen LogP contribution in [-0.2, 0) is 9.59 Å². The van der Waals surface area contributed by atoms with Gasteiger partial charge in [-0.15, -0.1) is 0 Å². The first-order chi connectivity index (χ1) is 12.6. The molecule has 0 aliphatic heterocycles. The van der Waals surface area contributed by atoms with Gasteiger partial charge in [-0.3, -0.25) is 19.7 Å². The van der Waals surface area contributed by atoms with Crippen molar-refractivity contribution in [3.63, 3.8) is 0 Å². The van der Waals surface area contributed by atoms with Crippen LogP contribution in [0.3, 0.4) is 0 Å². The van der Waals surface area contributed by atoms with Crippen molar-refractivity contribution >= 4 is 29.8 Å². The quantitative estimate of drug-likeness (QED) is 0.343. The van der Waals surface area contributed by atoms with Crippen LogP contribution in [0.5, 0.6) is 0 Å². The molecule has 132 valence electrons. The molecule has 0 fully saturated rings. The highest BCUT2D eigenvalue weighted by molar-refractivity contribution is 5.94. The van der Waals surface area contributed by atoms with Crippen LogP contribution in [0.1, 0.15) is 11.1 Å². The second-order valence-corrected chi connectivity index (χ2v) is 5.07. The maximum absolute atomic E-state index is 11.6. The van der Waals surface area contributed by atoms with Gasteiger partial charge in [0.2, 0.25) is 5.91 Å². The molecule has 8 nitrogen and oxygen atoms in total. The lowest BCUT2D eigenvalue weighted by Gasteiger charge is -2.01. The molecular formula is C18H16N4O4. The highest BCUT2D eigenvalue weighted by atomic mass is 16.6. The van der Waals surface area contributed by atoms with E-state index in [1.807, 2.05) is 30.3 Å². The summed E-state index contributed by atoms with van der Waals surface area (Å²) >= 11 is 0. The number of rotatable bonds is 7. The lowest BCUT2D eigenvalue weighted by molar-refractivity contribution is -0.385. The van der Waals surface area contributed by atoms with E-state index in [0.717, 1.165) is 5.56 Å². The van der Waals surface area contributed by atoms with Crippen molar-refractivity contribution in [3.8, 4) is 0 Å². The Kier molecular flexibility index (Phi) is 6.75. The molecule has 0 aliphatic rings. The number of nitrogens with zero attached hydrogens (tertiary/aromatic N) is 2. The monoisotopic (exact) mass is 352 g/mol. The minimum atomic E-state index is -0.554. The van der Waals surface area contributed by atoms with E-state index in [0.29, 0.717) is 0 Å². The normalized spacial score (nSPS) is 10.8. The maximum atomic E-state index is 11.6. The summed E-state index contributed by atoms with van der Waals surface area (Å²) < 4.78 is 0. The van der Waals surface area contributed by atoms with Crippen LogP contribution in [0.25, 0.3) is 6.08 Å². The summed E-state index contributed by atoms with van der Waals surface area (Å²) in [5.74, 6) is -0.979. The largest absolute Gasteiger partial charge is 0.343 e. The van der Waals surface area contributed by atoms with Crippen molar-refractivity contribution in [3.05, 3.63) is 81.9 Å². The number of para-hydroxylation sites is 1. The second kappa shape index (κ2) is 9.48. The third-order valence-corrected chi connectivity index (χ3v) is 3.18. The zero-order valence-electron chi connectivity index (χ0n) is 13.7. The second-order valence-electron chi connectivity index (χ2n) is 5.07. The fourth-order valence-electron chi connectivity index (χ4n) is 1.94. The van der Waals surface area contributed by atoms with Crippen LogP contribution in [0.4, 0.5) is 5.69 Å². The Morgan fingerprint density at radius 1 is 1.08 bits per heavy atom. The average Bonchev–Trinajstić information content (AvgIpc) is 2.66. The summed E-state index contributed by atoms with van der Waals surface area (Å²) in [6, 6.07) is 15.2. The molecule has 0 aromatic heterocycles. The first-order valence-electron chi connectivity index (χ1n) is 7.62. The van der Waals surface area contributed by atoms with Crippen LogP contribution in [0.15, 0.2) is 65.8 Å². The number of benzene rings is 2. The van der Waals surface area contributed by atoms with Gasteiger partial charge in [0, 0.05) is 12.1 Å². The van der Waals surface area contributed by atoms with Gasteiger partial charge in [0.25, 0.3) is 11.6 Å². The van der Waals surface area contributed by atoms with Crippen molar-refractivity contribution in [2.75, 3.05) is 6.54 Å². The van der Waals surface area contributed by atoms with E-state index in [1.54, 1.807) is 12.1 Å². The number of hydrazone groups is 1. The number of carbonyl (C=O) groups excluding carboxylic acids is 2. The molecule has 0 bridgehead atoms. The van der Waals surface area contributed by atoms with E-state index >= 15 is 0 Å². The van der Waals surface area contributed by atoms with Crippen LogP contribution < -0.4 is 10.7 Å². The van der Waals surface area contributed by atoms with Gasteiger partial charge in [-0.2, -0.15) is 5.10 Å². The molecule has 8 heteroatoms. The number of nitro benzene ring substituents is 1. The number of nitrogens with one attached hydrogen (secondary N) is 2. The van der Waals surface area contributed by atoms with Gasteiger partial charge in [0.15, 0.2) is 0 Å². The minimum absolute atomic E-state index is 0.121. The molecule has 2 rings (SSSR count). The van der Waals surface area contributed by atoms with E-state index in [4.69, 9.17) is 0 Å². The number of amides is 2. The van der Waals surface area contributed by atoms with Crippen LogP contribution in [0, 0.1) is 10.1 Å². The Bertz CT molecular complexity index is 847. The molecule has 0 saturated carbocycles. The summed E-state index contributed by atoms with van der Waals surface area (Å²) in [7, 11) is 0. The summed E-state index contributed by atoms with van der Waals surface area (Å²) in [6.07, 6.45) is 4.12. The Balaban J connectivity index is 1.79. The van der Waals surface area contributed by atoms with E-state index in [1.165, 1.54) is 30.5 Å². The van der Waals surface area contributed by atoms with E-state index in [9.17, 15) is 19.7 Å². The molecule has 0 aliphatic carbocycles. The molecule has 0 atom stereocenters. The number of hydrogen-bond acceptors (Lipinski definition) is 5. The minimum Gasteiger partial charge on any atom is -0.343 e. The lowest BCUT2D eigenvalue weighted by atomic mass is 10.2. The Morgan fingerprint density at radius 2 is 1.77 bits per heavy atom. The Hall–Kier alpha value is -3.81. The lowest BCUT2D eigenvalue weighted by Crippen LogP contribution is -2.34. The van der Waals surface area contributed by atoms with E-state index in [2.05, 4.69) is 15.8 Å². The predicted octanol–water partition coefficient (Wildman–Crippen LogP) is 1.87. The fourth-order valence-corrected chi connectivity index (χ4v) is 1.94. The summed E-state index contributed by atoms with van der Waals surface area (Å²) in [6.45, 7) is -0.272. The van der Waals surface area contributed by atoms with Crippen LogP contribution in [-0.4, -0.2) is 29.5 Å². The van der Waals surface area contributed by atoms with Crippen LogP contribution in [0.2, 0.25) is 0 Å². The molecule has 2 amide bonds. The highest BCUT2D eigenvalue weighted by Crippen LogP contribution is 2.14. The average molecular weight is 352 g/mol. The van der Waals surface area contributed by atoms with Crippen molar-refractivity contribution in [1.82, 2.24) is 10.7 Å². The molecule has 0 spiro atoms. The smallest absolute Gasteiger partial charge is 0.278 e. The van der Waals surface area contributed by atoms with Crippen molar-refractivity contribution < 1.29 is 14.5 Å². The summed E-state index contributed by atoms with van der Waals surface area (Å²) in [5, 5.41) is 16.9. The maximum Gasteiger partial charge on any atom is 0.278 e. The standard InChI is InChI=1S/C18H16N4O4/c23-17(11-10-14-6-2-1-3-7-14)19-13-18(24)21-20-12-15-8-4-5-9-16(15)22(25)26/h1-12H,13H2,(H,19,23)(H,21,24)/b11-10+,20-12?.